The molecule has 0 fully saturated rings. The summed E-state index contributed by atoms with van der Waals surface area (Å²) in [5.41, 5.74) is 1.32. The SMILES string of the molecule is CCNS(=O)(=O)Oc1cc(C(C)(C)C)c(SC2=C(O)CC(CCc3ccccc3)(C(C)C)OC2=O)cc1C. The molecule has 0 bridgehead atoms. The Hall–Kier alpha value is -2.49. The summed E-state index contributed by atoms with van der Waals surface area (Å²) < 4.78 is 38.2. The van der Waals surface area contributed by atoms with Crippen LogP contribution in [0.3, 0.4) is 0 Å². The molecule has 38 heavy (non-hydrogen) atoms. The summed E-state index contributed by atoms with van der Waals surface area (Å²) in [6.07, 6.45) is 1.56. The molecule has 0 aliphatic carbocycles. The van der Waals surface area contributed by atoms with E-state index in [1.807, 2.05) is 65.0 Å². The topological polar surface area (TPSA) is 102 Å². The van der Waals surface area contributed by atoms with Gasteiger partial charge in [-0.3, -0.25) is 0 Å². The summed E-state index contributed by atoms with van der Waals surface area (Å²) in [6, 6.07) is 13.5. The van der Waals surface area contributed by atoms with Gasteiger partial charge in [-0.2, -0.15) is 13.1 Å². The first kappa shape index (κ1) is 30.1. The zero-order valence-electron chi connectivity index (χ0n) is 23.3. The Labute approximate surface area is 231 Å². The lowest BCUT2D eigenvalue weighted by Crippen LogP contribution is -2.44. The van der Waals surface area contributed by atoms with Crippen molar-refractivity contribution in [2.75, 3.05) is 6.54 Å². The van der Waals surface area contributed by atoms with Crippen molar-refractivity contribution in [2.45, 2.75) is 83.6 Å². The second kappa shape index (κ2) is 11.7. The van der Waals surface area contributed by atoms with Gasteiger partial charge < -0.3 is 14.0 Å². The van der Waals surface area contributed by atoms with E-state index in [0.29, 0.717) is 12.0 Å². The molecule has 0 amide bonds. The van der Waals surface area contributed by atoms with Gasteiger partial charge in [-0.15, -0.1) is 0 Å². The molecule has 208 valence electrons. The highest BCUT2D eigenvalue weighted by Gasteiger charge is 2.44. The Bertz CT molecular complexity index is 1300. The van der Waals surface area contributed by atoms with E-state index in [1.165, 1.54) is 0 Å². The van der Waals surface area contributed by atoms with Crippen LogP contribution in [0.4, 0.5) is 0 Å². The molecule has 0 spiro atoms. The Morgan fingerprint density at radius 2 is 1.84 bits per heavy atom. The maximum Gasteiger partial charge on any atom is 0.382 e. The molecule has 3 rings (SSSR count). The molecule has 1 atom stereocenters. The quantitative estimate of drug-likeness (QED) is 0.325. The first-order valence-electron chi connectivity index (χ1n) is 12.9. The molecule has 0 aromatic heterocycles. The predicted octanol–water partition coefficient (Wildman–Crippen LogP) is 6.36. The Morgan fingerprint density at radius 3 is 2.39 bits per heavy atom. The van der Waals surface area contributed by atoms with Crippen molar-refractivity contribution in [1.82, 2.24) is 4.72 Å². The molecule has 2 aromatic rings. The zero-order chi connectivity index (χ0) is 28.3. The van der Waals surface area contributed by atoms with Crippen LogP contribution in [-0.4, -0.2) is 31.6 Å². The van der Waals surface area contributed by atoms with Gasteiger partial charge in [-0.25, -0.2) is 4.79 Å². The minimum Gasteiger partial charge on any atom is -0.511 e. The highest BCUT2D eigenvalue weighted by Crippen LogP contribution is 2.46. The van der Waals surface area contributed by atoms with E-state index >= 15 is 0 Å². The monoisotopic (exact) mass is 561 g/mol. The van der Waals surface area contributed by atoms with Crippen molar-refractivity contribution in [3.8, 4) is 5.75 Å². The van der Waals surface area contributed by atoms with Crippen LogP contribution in [-0.2, 0) is 31.7 Å². The fourth-order valence-electron chi connectivity index (χ4n) is 4.46. The summed E-state index contributed by atoms with van der Waals surface area (Å²) in [6.45, 7) is 13.6. The van der Waals surface area contributed by atoms with Crippen molar-refractivity contribution < 1.29 is 27.2 Å². The van der Waals surface area contributed by atoms with Gasteiger partial charge in [-0.1, -0.05) is 83.6 Å². The number of hydrogen-bond donors (Lipinski definition) is 2. The lowest BCUT2D eigenvalue weighted by molar-refractivity contribution is -0.164. The van der Waals surface area contributed by atoms with Crippen LogP contribution in [0.2, 0.25) is 0 Å². The van der Waals surface area contributed by atoms with E-state index in [0.717, 1.165) is 34.2 Å². The lowest BCUT2D eigenvalue weighted by atomic mass is 9.80. The minimum absolute atomic E-state index is 0.00588. The highest BCUT2D eigenvalue weighted by atomic mass is 32.2. The van der Waals surface area contributed by atoms with Gasteiger partial charge in [0.05, 0.1) is 0 Å². The highest BCUT2D eigenvalue weighted by molar-refractivity contribution is 8.04. The summed E-state index contributed by atoms with van der Waals surface area (Å²) >= 11 is 1.15. The molecule has 7 nitrogen and oxygen atoms in total. The number of hydrogen-bond acceptors (Lipinski definition) is 7. The van der Waals surface area contributed by atoms with Crippen LogP contribution in [0.5, 0.6) is 5.75 Å². The molecule has 0 saturated carbocycles. The van der Waals surface area contributed by atoms with Gasteiger partial charge in [-0.05, 0) is 59.9 Å². The Balaban J connectivity index is 1.94. The van der Waals surface area contributed by atoms with Crippen molar-refractivity contribution >= 4 is 28.0 Å². The van der Waals surface area contributed by atoms with E-state index in [4.69, 9.17) is 8.92 Å². The predicted molar refractivity (Wildman–Crippen MR) is 152 cm³/mol. The molecule has 2 N–H and O–H groups in total. The average Bonchev–Trinajstić information content (AvgIpc) is 2.81. The van der Waals surface area contributed by atoms with Crippen molar-refractivity contribution in [3.05, 3.63) is 69.8 Å². The first-order valence-corrected chi connectivity index (χ1v) is 15.1. The van der Waals surface area contributed by atoms with E-state index in [9.17, 15) is 18.3 Å². The largest absolute Gasteiger partial charge is 0.511 e. The second-order valence-electron chi connectivity index (χ2n) is 11.0. The molecule has 1 aliphatic rings. The van der Waals surface area contributed by atoms with Gasteiger partial charge in [0.2, 0.25) is 0 Å². The summed E-state index contributed by atoms with van der Waals surface area (Å²) in [5, 5.41) is 11.2. The Kier molecular flexibility index (Phi) is 9.27. The van der Waals surface area contributed by atoms with Crippen LogP contribution >= 0.6 is 11.8 Å². The van der Waals surface area contributed by atoms with E-state index in [2.05, 4.69) is 4.72 Å². The molecule has 1 unspecified atom stereocenters. The first-order chi connectivity index (χ1) is 17.7. The molecule has 0 saturated heterocycles. The molecule has 1 aliphatic heterocycles. The fourth-order valence-corrected chi connectivity index (χ4v) is 6.53. The van der Waals surface area contributed by atoms with Crippen molar-refractivity contribution in [2.24, 2.45) is 5.92 Å². The molecule has 1 heterocycles. The molecule has 9 heteroatoms. The smallest absolute Gasteiger partial charge is 0.382 e. The number of aryl methyl sites for hydroxylation is 2. The average molecular weight is 562 g/mol. The third-order valence-corrected chi connectivity index (χ3v) is 8.97. The molecular formula is C29H39NO6S2. The third-order valence-electron chi connectivity index (χ3n) is 6.76. The summed E-state index contributed by atoms with van der Waals surface area (Å²) in [7, 11) is -3.95. The fraction of sp³-hybridized carbons (Fsp3) is 0.483. The second-order valence-corrected chi connectivity index (χ2v) is 13.5. The number of cyclic esters (lactones) is 1. The lowest BCUT2D eigenvalue weighted by Gasteiger charge is -2.40. The van der Waals surface area contributed by atoms with Crippen LogP contribution in [0.25, 0.3) is 0 Å². The summed E-state index contributed by atoms with van der Waals surface area (Å²) in [5.74, 6) is -0.315. The number of aliphatic hydroxyl groups is 1. The number of thioether (sulfide) groups is 1. The number of nitrogens with one attached hydrogen (secondary N) is 1. The van der Waals surface area contributed by atoms with Crippen LogP contribution in [0, 0.1) is 12.8 Å². The number of benzene rings is 2. The van der Waals surface area contributed by atoms with Gasteiger partial charge in [0.15, 0.2) is 0 Å². The maximum absolute atomic E-state index is 13.3. The van der Waals surface area contributed by atoms with Crippen molar-refractivity contribution in [1.29, 1.82) is 0 Å². The minimum atomic E-state index is -3.95. The zero-order valence-corrected chi connectivity index (χ0v) is 24.9. The number of aliphatic hydroxyl groups excluding tert-OH is 1. The number of carbonyl (C=O) groups is 1. The number of esters is 1. The van der Waals surface area contributed by atoms with Gasteiger partial charge in [0.25, 0.3) is 0 Å². The normalized spacial score (nSPS) is 18.6. The third kappa shape index (κ3) is 7.12. The van der Waals surface area contributed by atoms with Gasteiger partial charge >= 0.3 is 16.3 Å². The van der Waals surface area contributed by atoms with Crippen LogP contribution < -0.4 is 8.91 Å². The number of carbonyl (C=O) groups excluding carboxylic acids is 1. The molecule has 0 radical (unpaired) electrons. The Morgan fingerprint density at radius 1 is 1.18 bits per heavy atom. The van der Waals surface area contributed by atoms with Crippen LogP contribution in [0.15, 0.2) is 58.0 Å². The molecular weight excluding hydrogens is 522 g/mol. The standard InChI is InChI=1S/C29H39NO6S2/c1-8-30-38(33,34)36-24-17-22(28(5,6)7)25(16-20(24)4)37-26-23(31)18-29(19(2)3,35-27(26)32)15-14-21-12-10-9-11-13-21/h9-13,16-17,19,30-31H,8,14-15,18H2,1-7H3. The number of ether oxygens (including phenoxy) is 1. The van der Waals surface area contributed by atoms with E-state index < -0.39 is 27.3 Å². The van der Waals surface area contributed by atoms with Crippen molar-refractivity contribution in [3.63, 3.8) is 0 Å². The van der Waals surface area contributed by atoms with Crippen LogP contribution in [0.1, 0.15) is 71.1 Å². The van der Waals surface area contributed by atoms with E-state index in [-0.39, 0.29) is 35.3 Å². The maximum atomic E-state index is 13.3. The van der Waals surface area contributed by atoms with Gasteiger partial charge in [0, 0.05) is 17.9 Å². The summed E-state index contributed by atoms with van der Waals surface area (Å²) in [4.78, 5) is 14.2. The van der Waals surface area contributed by atoms with E-state index in [1.54, 1.807) is 26.0 Å². The number of rotatable bonds is 10. The van der Waals surface area contributed by atoms with Gasteiger partial charge in [0.1, 0.15) is 22.0 Å². The molecule has 2 aromatic carbocycles.